The average molecular weight is 223 g/mol. The SMILES string of the molecule is COc1cc(/C=C/CON)c(OC)cc1C. The van der Waals surface area contributed by atoms with Crippen molar-refractivity contribution in [3.8, 4) is 11.5 Å². The summed E-state index contributed by atoms with van der Waals surface area (Å²) in [6.45, 7) is 2.33. The molecule has 2 N–H and O–H groups in total. The highest BCUT2D eigenvalue weighted by Crippen LogP contribution is 2.28. The van der Waals surface area contributed by atoms with Gasteiger partial charge in [0.15, 0.2) is 0 Å². The molecule has 1 aromatic rings. The minimum absolute atomic E-state index is 0.360. The Bertz CT molecular complexity index is 375. The van der Waals surface area contributed by atoms with Gasteiger partial charge in [0.25, 0.3) is 0 Å². The zero-order valence-corrected chi connectivity index (χ0v) is 9.82. The summed E-state index contributed by atoms with van der Waals surface area (Å²) in [5, 5.41) is 0. The number of methoxy groups -OCH3 is 2. The lowest BCUT2D eigenvalue weighted by atomic mass is 10.1. The maximum Gasteiger partial charge on any atom is 0.126 e. The summed E-state index contributed by atoms with van der Waals surface area (Å²) in [6.07, 6.45) is 3.69. The summed E-state index contributed by atoms with van der Waals surface area (Å²) in [5.74, 6) is 6.56. The molecule has 16 heavy (non-hydrogen) atoms. The van der Waals surface area contributed by atoms with Gasteiger partial charge in [-0.05, 0) is 24.6 Å². The van der Waals surface area contributed by atoms with Gasteiger partial charge in [-0.25, -0.2) is 5.90 Å². The van der Waals surface area contributed by atoms with E-state index >= 15 is 0 Å². The summed E-state index contributed by atoms with van der Waals surface area (Å²) >= 11 is 0. The van der Waals surface area contributed by atoms with E-state index in [1.807, 2.05) is 31.2 Å². The number of rotatable bonds is 5. The molecule has 0 aliphatic heterocycles. The van der Waals surface area contributed by atoms with Crippen LogP contribution in [0.4, 0.5) is 0 Å². The van der Waals surface area contributed by atoms with Crippen LogP contribution < -0.4 is 15.4 Å². The summed E-state index contributed by atoms with van der Waals surface area (Å²) in [5.41, 5.74) is 1.97. The minimum Gasteiger partial charge on any atom is -0.496 e. The van der Waals surface area contributed by atoms with E-state index in [4.69, 9.17) is 15.4 Å². The first-order valence-corrected chi connectivity index (χ1v) is 4.93. The molecule has 88 valence electrons. The molecule has 4 nitrogen and oxygen atoms in total. The van der Waals surface area contributed by atoms with Crippen molar-refractivity contribution in [1.29, 1.82) is 0 Å². The van der Waals surface area contributed by atoms with E-state index in [2.05, 4.69) is 4.84 Å². The summed E-state index contributed by atoms with van der Waals surface area (Å²) in [4.78, 5) is 4.46. The molecule has 1 aromatic carbocycles. The summed E-state index contributed by atoms with van der Waals surface area (Å²) in [7, 11) is 3.28. The van der Waals surface area contributed by atoms with E-state index in [1.165, 1.54) is 0 Å². The Balaban J connectivity index is 3.04. The van der Waals surface area contributed by atoms with Crippen LogP contribution >= 0.6 is 0 Å². The van der Waals surface area contributed by atoms with Crippen LogP contribution in [0.5, 0.6) is 11.5 Å². The molecule has 0 aliphatic carbocycles. The van der Waals surface area contributed by atoms with Crippen LogP contribution in [0, 0.1) is 6.92 Å². The Kier molecular flexibility index (Phi) is 4.82. The van der Waals surface area contributed by atoms with E-state index in [0.29, 0.717) is 6.61 Å². The van der Waals surface area contributed by atoms with Crippen LogP contribution in [-0.2, 0) is 4.84 Å². The molecule has 0 aliphatic rings. The van der Waals surface area contributed by atoms with Crippen molar-refractivity contribution in [2.75, 3.05) is 20.8 Å². The van der Waals surface area contributed by atoms with Gasteiger partial charge in [-0.3, -0.25) is 0 Å². The van der Waals surface area contributed by atoms with Crippen molar-refractivity contribution in [2.24, 2.45) is 5.90 Å². The first kappa shape index (κ1) is 12.5. The zero-order valence-electron chi connectivity index (χ0n) is 9.82. The van der Waals surface area contributed by atoms with Gasteiger partial charge >= 0.3 is 0 Å². The molecule has 0 aromatic heterocycles. The van der Waals surface area contributed by atoms with Crippen molar-refractivity contribution in [2.45, 2.75) is 6.92 Å². The smallest absolute Gasteiger partial charge is 0.126 e. The van der Waals surface area contributed by atoms with E-state index in [1.54, 1.807) is 14.2 Å². The van der Waals surface area contributed by atoms with Gasteiger partial charge in [0.05, 0.1) is 20.8 Å². The molecule has 0 atom stereocenters. The third-order valence-corrected chi connectivity index (χ3v) is 2.24. The lowest BCUT2D eigenvalue weighted by Crippen LogP contribution is -1.97. The van der Waals surface area contributed by atoms with Crippen molar-refractivity contribution in [3.05, 3.63) is 29.3 Å². The van der Waals surface area contributed by atoms with Crippen molar-refractivity contribution in [3.63, 3.8) is 0 Å². The normalized spacial score (nSPS) is 10.8. The minimum atomic E-state index is 0.360. The maximum atomic E-state index is 5.28. The van der Waals surface area contributed by atoms with Crippen LogP contribution in [0.15, 0.2) is 18.2 Å². The molecular formula is C12H17NO3. The van der Waals surface area contributed by atoms with E-state index < -0.39 is 0 Å². The van der Waals surface area contributed by atoms with Crippen LogP contribution in [0.3, 0.4) is 0 Å². The predicted molar refractivity (Wildman–Crippen MR) is 63.5 cm³/mol. The van der Waals surface area contributed by atoms with E-state index in [-0.39, 0.29) is 0 Å². The van der Waals surface area contributed by atoms with Crippen LogP contribution in [0.1, 0.15) is 11.1 Å². The van der Waals surface area contributed by atoms with Crippen molar-refractivity contribution < 1.29 is 14.3 Å². The van der Waals surface area contributed by atoms with Gasteiger partial charge < -0.3 is 14.3 Å². The Morgan fingerprint density at radius 1 is 1.19 bits per heavy atom. The first-order valence-electron chi connectivity index (χ1n) is 4.93. The molecule has 0 unspecified atom stereocenters. The average Bonchev–Trinajstić information content (AvgIpc) is 2.30. The highest BCUT2D eigenvalue weighted by Gasteiger charge is 2.05. The van der Waals surface area contributed by atoms with Crippen molar-refractivity contribution >= 4 is 6.08 Å². The standard InChI is InChI=1S/C12H17NO3/c1-9-7-12(15-3)10(5-4-6-16-13)8-11(9)14-2/h4-5,7-8H,6,13H2,1-3H3/b5-4+. The van der Waals surface area contributed by atoms with Gasteiger partial charge in [0.1, 0.15) is 11.5 Å². The van der Waals surface area contributed by atoms with Crippen LogP contribution in [0.2, 0.25) is 0 Å². The van der Waals surface area contributed by atoms with Crippen molar-refractivity contribution in [1.82, 2.24) is 0 Å². The molecule has 0 radical (unpaired) electrons. The second kappa shape index (κ2) is 6.15. The van der Waals surface area contributed by atoms with Crippen LogP contribution in [0.25, 0.3) is 6.08 Å². The second-order valence-corrected chi connectivity index (χ2v) is 3.30. The van der Waals surface area contributed by atoms with Gasteiger partial charge in [0.2, 0.25) is 0 Å². The molecule has 0 spiro atoms. The highest BCUT2D eigenvalue weighted by molar-refractivity contribution is 5.61. The monoisotopic (exact) mass is 223 g/mol. The van der Waals surface area contributed by atoms with E-state index in [0.717, 1.165) is 22.6 Å². The van der Waals surface area contributed by atoms with Crippen LogP contribution in [-0.4, -0.2) is 20.8 Å². The van der Waals surface area contributed by atoms with Gasteiger partial charge in [-0.15, -0.1) is 0 Å². The molecule has 0 bridgehead atoms. The van der Waals surface area contributed by atoms with Gasteiger partial charge in [0, 0.05) is 5.56 Å². The molecule has 0 heterocycles. The number of ether oxygens (including phenoxy) is 2. The third-order valence-electron chi connectivity index (χ3n) is 2.24. The molecule has 0 saturated carbocycles. The Labute approximate surface area is 95.6 Å². The summed E-state index contributed by atoms with van der Waals surface area (Å²) < 4.78 is 10.5. The maximum absolute atomic E-state index is 5.28. The van der Waals surface area contributed by atoms with E-state index in [9.17, 15) is 0 Å². The van der Waals surface area contributed by atoms with Gasteiger partial charge in [-0.2, -0.15) is 0 Å². The molecule has 4 heteroatoms. The highest BCUT2D eigenvalue weighted by atomic mass is 16.6. The third kappa shape index (κ3) is 2.98. The molecule has 0 saturated heterocycles. The molecule has 0 fully saturated rings. The molecule has 0 amide bonds. The predicted octanol–water partition coefficient (Wildman–Crippen LogP) is 1.92. The lowest BCUT2D eigenvalue weighted by molar-refractivity contribution is 0.168. The van der Waals surface area contributed by atoms with Gasteiger partial charge in [-0.1, -0.05) is 12.2 Å². The number of hydrogen-bond acceptors (Lipinski definition) is 4. The number of aryl methyl sites for hydroxylation is 1. The zero-order chi connectivity index (χ0) is 12.0. The Morgan fingerprint density at radius 2 is 1.88 bits per heavy atom. The number of benzene rings is 1. The largest absolute Gasteiger partial charge is 0.496 e. The first-order chi connectivity index (χ1) is 7.72. The fourth-order valence-electron chi connectivity index (χ4n) is 1.43. The number of hydrogen-bond donors (Lipinski definition) is 1. The Hall–Kier alpha value is -1.52. The molecule has 1 rings (SSSR count). The lowest BCUT2D eigenvalue weighted by Gasteiger charge is -2.10. The Morgan fingerprint density at radius 3 is 2.44 bits per heavy atom. The summed E-state index contributed by atoms with van der Waals surface area (Å²) in [6, 6.07) is 3.85. The quantitative estimate of drug-likeness (QED) is 0.775. The molecular weight excluding hydrogens is 206 g/mol. The number of nitrogens with two attached hydrogens (primary N) is 1. The topological polar surface area (TPSA) is 53.7 Å². The second-order valence-electron chi connectivity index (χ2n) is 3.30. The fraction of sp³-hybridized carbons (Fsp3) is 0.333. The fourth-order valence-corrected chi connectivity index (χ4v) is 1.43.